The Hall–Kier alpha value is -2.04. The zero-order valence-electron chi connectivity index (χ0n) is 20.1. The quantitative estimate of drug-likeness (QED) is 0.194. The Kier molecular flexibility index (Phi) is 16.2. The highest BCUT2D eigenvalue weighted by Crippen LogP contribution is 2.27. The molecular formula is C27H44O5. The maximum absolute atomic E-state index is 10.6. The largest absolute Gasteiger partial charge is 0.493 e. The van der Waals surface area contributed by atoms with Crippen molar-refractivity contribution in [2.75, 3.05) is 6.61 Å². The van der Waals surface area contributed by atoms with E-state index in [-0.39, 0.29) is 12.8 Å². The molecule has 2 N–H and O–H groups in total. The summed E-state index contributed by atoms with van der Waals surface area (Å²) in [5.74, 6) is -0.347. The molecule has 1 aromatic rings. The lowest BCUT2D eigenvalue weighted by atomic mass is 9.95. The van der Waals surface area contributed by atoms with E-state index in [0.29, 0.717) is 0 Å². The van der Waals surface area contributed by atoms with E-state index in [0.717, 1.165) is 89.4 Å². The monoisotopic (exact) mass is 448 g/mol. The second kappa shape index (κ2) is 18.5. The summed E-state index contributed by atoms with van der Waals surface area (Å²) in [5, 5.41) is 17.4. The van der Waals surface area contributed by atoms with Crippen molar-refractivity contribution in [1.29, 1.82) is 0 Å². The van der Waals surface area contributed by atoms with Gasteiger partial charge in [0.1, 0.15) is 5.75 Å². The van der Waals surface area contributed by atoms with Crippen LogP contribution in [0.4, 0.5) is 0 Å². The van der Waals surface area contributed by atoms with Gasteiger partial charge in [-0.2, -0.15) is 0 Å². The van der Waals surface area contributed by atoms with Gasteiger partial charge in [-0.05, 0) is 62.1 Å². The van der Waals surface area contributed by atoms with Crippen molar-refractivity contribution in [3.63, 3.8) is 0 Å². The highest BCUT2D eigenvalue weighted by atomic mass is 16.5. The van der Waals surface area contributed by atoms with Gasteiger partial charge in [0.2, 0.25) is 0 Å². The van der Waals surface area contributed by atoms with Crippen molar-refractivity contribution in [1.82, 2.24) is 0 Å². The first-order valence-electron chi connectivity index (χ1n) is 12.7. The van der Waals surface area contributed by atoms with Gasteiger partial charge in [0.05, 0.1) is 6.61 Å². The first-order chi connectivity index (χ1) is 15.5. The van der Waals surface area contributed by atoms with E-state index in [9.17, 15) is 9.59 Å². The molecule has 0 radical (unpaired) electrons. The Balaban J connectivity index is 2.40. The SMILES string of the molecule is CCCOc1cccc(CCCCCCCCC(=O)O)c1CCCCCCCCC(=O)O. The predicted octanol–water partition coefficient (Wildman–Crippen LogP) is 7.19. The summed E-state index contributed by atoms with van der Waals surface area (Å²) in [6, 6.07) is 6.45. The van der Waals surface area contributed by atoms with Crippen molar-refractivity contribution in [2.45, 2.75) is 116 Å². The highest BCUT2D eigenvalue weighted by molar-refractivity contribution is 5.66. The number of hydrogen-bond donors (Lipinski definition) is 2. The molecule has 0 fully saturated rings. The topological polar surface area (TPSA) is 83.8 Å². The molecule has 0 saturated carbocycles. The molecule has 5 heteroatoms. The van der Waals surface area contributed by atoms with E-state index in [1.165, 1.54) is 30.4 Å². The molecule has 0 aromatic heterocycles. The minimum atomic E-state index is -0.695. The van der Waals surface area contributed by atoms with Gasteiger partial charge in [0, 0.05) is 12.8 Å². The Morgan fingerprint density at radius 2 is 1.22 bits per heavy atom. The molecule has 0 amide bonds. The number of aryl methyl sites for hydroxylation is 1. The van der Waals surface area contributed by atoms with Gasteiger partial charge < -0.3 is 14.9 Å². The number of carbonyl (C=O) groups is 2. The van der Waals surface area contributed by atoms with Crippen LogP contribution in [0, 0.1) is 0 Å². The zero-order chi connectivity index (χ0) is 23.4. The van der Waals surface area contributed by atoms with Crippen LogP contribution in [-0.4, -0.2) is 28.8 Å². The summed E-state index contributed by atoms with van der Waals surface area (Å²) in [7, 11) is 0. The maximum atomic E-state index is 10.6. The maximum Gasteiger partial charge on any atom is 0.303 e. The lowest BCUT2D eigenvalue weighted by molar-refractivity contribution is -0.138. The van der Waals surface area contributed by atoms with Gasteiger partial charge in [-0.15, -0.1) is 0 Å². The van der Waals surface area contributed by atoms with Gasteiger partial charge in [0.15, 0.2) is 0 Å². The number of unbranched alkanes of at least 4 members (excludes halogenated alkanes) is 10. The highest BCUT2D eigenvalue weighted by Gasteiger charge is 2.10. The minimum Gasteiger partial charge on any atom is -0.493 e. The Morgan fingerprint density at radius 1 is 0.719 bits per heavy atom. The third-order valence-electron chi connectivity index (χ3n) is 5.85. The fraction of sp³-hybridized carbons (Fsp3) is 0.704. The van der Waals surface area contributed by atoms with Crippen LogP contribution in [0.5, 0.6) is 5.75 Å². The first-order valence-corrected chi connectivity index (χ1v) is 12.7. The summed E-state index contributed by atoms with van der Waals surface area (Å²) >= 11 is 0. The van der Waals surface area contributed by atoms with Crippen molar-refractivity contribution >= 4 is 11.9 Å². The van der Waals surface area contributed by atoms with Gasteiger partial charge in [-0.1, -0.05) is 70.4 Å². The molecule has 0 saturated heterocycles. The fourth-order valence-electron chi connectivity index (χ4n) is 4.06. The van der Waals surface area contributed by atoms with E-state index in [1.807, 2.05) is 0 Å². The lowest BCUT2D eigenvalue weighted by Gasteiger charge is -2.16. The molecule has 0 spiro atoms. The van der Waals surface area contributed by atoms with Gasteiger partial charge in [-0.3, -0.25) is 9.59 Å². The molecule has 0 aliphatic heterocycles. The molecule has 0 heterocycles. The van der Waals surface area contributed by atoms with Crippen LogP contribution in [0.15, 0.2) is 18.2 Å². The van der Waals surface area contributed by atoms with Crippen molar-refractivity contribution < 1.29 is 24.5 Å². The van der Waals surface area contributed by atoms with Gasteiger partial charge >= 0.3 is 11.9 Å². The number of aliphatic carboxylic acids is 2. The van der Waals surface area contributed by atoms with Gasteiger partial charge in [-0.25, -0.2) is 0 Å². The molecule has 0 aliphatic carbocycles. The second-order valence-electron chi connectivity index (χ2n) is 8.77. The summed E-state index contributed by atoms with van der Waals surface area (Å²) in [6.45, 7) is 2.88. The Labute approximate surface area is 194 Å². The lowest BCUT2D eigenvalue weighted by Crippen LogP contribution is -2.03. The number of carboxylic acid groups (broad SMARTS) is 2. The average molecular weight is 449 g/mol. The standard InChI is InChI=1S/C27H44O5/c1-2-22-32-25-19-15-17-23(16-11-7-3-5-9-13-20-26(28)29)24(25)18-12-8-4-6-10-14-21-27(30)31/h15,17,19H,2-14,16,18,20-22H2,1H3,(H,28,29)(H,30,31). The molecule has 0 aliphatic rings. The van der Waals surface area contributed by atoms with E-state index in [4.69, 9.17) is 14.9 Å². The predicted molar refractivity (Wildman–Crippen MR) is 130 cm³/mol. The zero-order valence-corrected chi connectivity index (χ0v) is 20.1. The van der Waals surface area contributed by atoms with Crippen molar-refractivity contribution in [3.05, 3.63) is 29.3 Å². The summed E-state index contributed by atoms with van der Waals surface area (Å²) < 4.78 is 6.05. The number of hydrogen-bond acceptors (Lipinski definition) is 3. The number of carboxylic acids is 2. The van der Waals surface area contributed by atoms with E-state index >= 15 is 0 Å². The smallest absolute Gasteiger partial charge is 0.303 e. The Bertz CT molecular complexity index is 641. The summed E-state index contributed by atoms with van der Waals surface area (Å²) in [6.07, 6.45) is 16.5. The fourth-order valence-corrected chi connectivity index (χ4v) is 4.06. The van der Waals surface area contributed by atoms with Crippen molar-refractivity contribution in [3.8, 4) is 5.75 Å². The molecule has 0 atom stereocenters. The number of benzene rings is 1. The van der Waals surface area contributed by atoms with E-state index < -0.39 is 11.9 Å². The number of ether oxygens (including phenoxy) is 1. The molecule has 0 unspecified atom stereocenters. The molecule has 182 valence electrons. The average Bonchev–Trinajstić information content (AvgIpc) is 2.76. The Morgan fingerprint density at radius 3 is 1.75 bits per heavy atom. The van der Waals surface area contributed by atoms with Crippen LogP contribution in [-0.2, 0) is 22.4 Å². The summed E-state index contributed by atoms with van der Waals surface area (Å²) in [4.78, 5) is 21.1. The van der Waals surface area contributed by atoms with Crippen LogP contribution >= 0.6 is 0 Å². The van der Waals surface area contributed by atoms with Crippen LogP contribution in [0.3, 0.4) is 0 Å². The third kappa shape index (κ3) is 14.1. The molecule has 1 rings (SSSR count). The number of rotatable bonds is 21. The molecule has 32 heavy (non-hydrogen) atoms. The third-order valence-corrected chi connectivity index (χ3v) is 5.85. The second-order valence-corrected chi connectivity index (χ2v) is 8.77. The van der Waals surface area contributed by atoms with Crippen molar-refractivity contribution in [2.24, 2.45) is 0 Å². The van der Waals surface area contributed by atoms with Crippen LogP contribution in [0.2, 0.25) is 0 Å². The normalized spacial score (nSPS) is 10.9. The van der Waals surface area contributed by atoms with E-state index in [1.54, 1.807) is 0 Å². The van der Waals surface area contributed by atoms with Crippen LogP contribution in [0.25, 0.3) is 0 Å². The summed E-state index contributed by atoms with van der Waals surface area (Å²) in [5.41, 5.74) is 2.78. The first kappa shape index (κ1) is 28.0. The molecular weight excluding hydrogens is 404 g/mol. The molecule has 1 aromatic carbocycles. The van der Waals surface area contributed by atoms with Crippen LogP contribution in [0.1, 0.15) is 114 Å². The van der Waals surface area contributed by atoms with Gasteiger partial charge in [0.25, 0.3) is 0 Å². The minimum absolute atomic E-state index is 0.286. The molecule has 0 bridgehead atoms. The van der Waals surface area contributed by atoms with E-state index in [2.05, 4.69) is 25.1 Å². The molecule has 5 nitrogen and oxygen atoms in total. The van der Waals surface area contributed by atoms with Crippen LogP contribution < -0.4 is 4.74 Å².